The molecule has 28 heavy (non-hydrogen) atoms. The van der Waals surface area contributed by atoms with Crippen LogP contribution < -0.4 is 5.73 Å². The Hall–Kier alpha value is -3.26. The third kappa shape index (κ3) is 3.11. The summed E-state index contributed by atoms with van der Waals surface area (Å²) in [6.45, 7) is 2.66. The average Bonchev–Trinajstić information content (AvgIpc) is 3.01. The number of fused-ring (bicyclic) bond motifs is 1. The van der Waals surface area contributed by atoms with Crippen LogP contribution in [0.5, 0.6) is 0 Å². The molecule has 2 N–H and O–H groups in total. The number of primary amides is 1. The van der Waals surface area contributed by atoms with Gasteiger partial charge in [0.2, 0.25) is 5.91 Å². The van der Waals surface area contributed by atoms with E-state index in [-0.39, 0.29) is 19.1 Å². The van der Waals surface area contributed by atoms with Crippen LogP contribution in [0.2, 0.25) is 0 Å². The van der Waals surface area contributed by atoms with E-state index in [9.17, 15) is 9.59 Å². The Bertz CT molecular complexity index is 1060. The molecule has 1 aromatic carbocycles. The van der Waals surface area contributed by atoms with Crippen LogP contribution in [0.25, 0.3) is 22.3 Å². The number of benzene rings is 1. The van der Waals surface area contributed by atoms with E-state index in [4.69, 9.17) is 15.5 Å². The molecule has 2 amide bonds. The van der Waals surface area contributed by atoms with Crippen LogP contribution in [-0.2, 0) is 16.6 Å². The molecule has 3 heterocycles. The van der Waals surface area contributed by atoms with Crippen molar-refractivity contribution in [3.05, 3.63) is 47.7 Å². The van der Waals surface area contributed by atoms with Crippen LogP contribution in [-0.4, -0.2) is 57.3 Å². The lowest BCUT2D eigenvalue weighted by Crippen LogP contribution is -2.50. The summed E-state index contributed by atoms with van der Waals surface area (Å²) in [5.41, 5.74) is 8.85. The van der Waals surface area contributed by atoms with E-state index >= 15 is 0 Å². The van der Waals surface area contributed by atoms with Gasteiger partial charge in [0.15, 0.2) is 11.8 Å². The van der Waals surface area contributed by atoms with Crippen LogP contribution in [0.1, 0.15) is 16.1 Å². The first-order valence-corrected chi connectivity index (χ1v) is 9.05. The summed E-state index contributed by atoms with van der Waals surface area (Å²) in [5, 5.41) is 5.16. The number of aromatic nitrogens is 3. The number of nitrogens with two attached hydrogens (primary N) is 1. The molecule has 1 atom stereocenters. The lowest BCUT2D eigenvalue weighted by molar-refractivity contribution is -0.133. The van der Waals surface area contributed by atoms with Gasteiger partial charge in [-0.05, 0) is 13.0 Å². The van der Waals surface area contributed by atoms with Gasteiger partial charge < -0.3 is 15.4 Å². The standard InChI is InChI=1S/C20H21N5O3/c1-12-17-14(20(27)25-8-9-28-16(11-25)18(21)26)10-15(13-6-4-3-5-7-13)22-19(17)24(2)23-12/h3-7,10,16H,8-9,11H2,1-2H3,(H2,21,26). The minimum Gasteiger partial charge on any atom is -0.367 e. The summed E-state index contributed by atoms with van der Waals surface area (Å²) in [4.78, 5) is 31.2. The number of ether oxygens (including phenoxy) is 1. The summed E-state index contributed by atoms with van der Waals surface area (Å²) in [6, 6.07) is 11.5. The van der Waals surface area contributed by atoms with Gasteiger partial charge in [0.25, 0.3) is 5.91 Å². The number of rotatable bonds is 3. The maximum Gasteiger partial charge on any atom is 0.254 e. The van der Waals surface area contributed by atoms with Crippen molar-refractivity contribution >= 4 is 22.8 Å². The summed E-state index contributed by atoms with van der Waals surface area (Å²) < 4.78 is 7.05. The van der Waals surface area contributed by atoms with E-state index < -0.39 is 12.0 Å². The molecule has 4 rings (SSSR count). The van der Waals surface area contributed by atoms with Gasteiger partial charge in [0.1, 0.15) is 0 Å². The summed E-state index contributed by atoms with van der Waals surface area (Å²) >= 11 is 0. The molecule has 1 saturated heterocycles. The third-order valence-electron chi connectivity index (χ3n) is 4.94. The molecule has 0 bridgehead atoms. The monoisotopic (exact) mass is 379 g/mol. The molecule has 8 nitrogen and oxygen atoms in total. The van der Waals surface area contributed by atoms with Crippen molar-refractivity contribution in [1.29, 1.82) is 0 Å². The Morgan fingerprint density at radius 3 is 2.71 bits per heavy atom. The highest BCUT2D eigenvalue weighted by Crippen LogP contribution is 2.28. The first-order valence-electron chi connectivity index (χ1n) is 9.05. The van der Waals surface area contributed by atoms with Gasteiger partial charge in [0, 0.05) is 19.2 Å². The van der Waals surface area contributed by atoms with E-state index in [2.05, 4.69) is 5.10 Å². The molecule has 8 heteroatoms. The molecule has 1 fully saturated rings. The quantitative estimate of drug-likeness (QED) is 0.738. The van der Waals surface area contributed by atoms with Gasteiger partial charge in [0.05, 0.1) is 35.5 Å². The van der Waals surface area contributed by atoms with Crippen molar-refractivity contribution in [3.8, 4) is 11.3 Å². The fraction of sp³-hybridized carbons (Fsp3) is 0.300. The number of morpholine rings is 1. The van der Waals surface area contributed by atoms with Crippen molar-refractivity contribution in [3.63, 3.8) is 0 Å². The zero-order valence-corrected chi connectivity index (χ0v) is 15.8. The number of pyridine rings is 1. The molecular weight excluding hydrogens is 358 g/mol. The number of hydrogen-bond acceptors (Lipinski definition) is 5. The maximum absolute atomic E-state index is 13.4. The Morgan fingerprint density at radius 1 is 1.25 bits per heavy atom. The second-order valence-corrected chi connectivity index (χ2v) is 6.84. The highest BCUT2D eigenvalue weighted by Gasteiger charge is 2.30. The normalized spacial score (nSPS) is 17.1. The highest BCUT2D eigenvalue weighted by atomic mass is 16.5. The smallest absolute Gasteiger partial charge is 0.254 e. The number of carbonyl (C=O) groups excluding carboxylic acids is 2. The van der Waals surface area contributed by atoms with Crippen LogP contribution in [0.4, 0.5) is 0 Å². The topological polar surface area (TPSA) is 103 Å². The summed E-state index contributed by atoms with van der Waals surface area (Å²) in [7, 11) is 1.81. The van der Waals surface area contributed by atoms with Crippen molar-refractivity contribution in [2.75, 3.05) is 19.7 Å². The minimum absolute atomic E-state index is 0.137. The number of amides is 2. The first-order chi connectivity index (χ1) is 13.5. The molecule has 0 spiro atoms. The number of hydrogen-bond donors (Lipinski definition) is 1. The molecule has 0 aliphatic carbocycles. The van der Waals surface area contributed by atoms with Gasteiger partial charge in [-0.25, -0.2) is 4.98 Å². The van der Waals surface area contributed by atoms with E-state index in [1.807, 2.05) is 44.3 Å². The second-order valence-electron chi connectivity index (χ2n) is 6.84. The largest absolute Gasteiger partial charge is 0.367 e. The highest BCUT2D eigenvalue weighted by molar-refractivity contribution is 6.07. The van der Waals surface area contributed by atoms with Crippen LogP contribution in [0.15, 0.2) is 36.4 Å². The molecule has 1 aliphatic rings. The lowest BCUT2D eigenvalue weighted by atomic mass is 10.0. The fourth-order valence-electron chi connectivity index (χ4n) is 3.55. The Labute approximate surface area is 161 Å². The van der Waals surface area contributed by atoms with Crippen molar-refractivity contribution in [2.24, 2.45) is 12.8 Å². The van der Waals surface area contributed by atoms with Gasteiger partial charge in [-0.3, -0.25) is 14.3 Å². The molecule has 3 aromatic rings. The molecular formula is C20H21N5O3. The summed E-state index contributed by atoms with van der Waals surface area (Å²) in [5.74, 6) is -0.755. The zero-order chi connectivity index (χ0) is 19.8. The van der Waals surface area contributed by atoms with Crippen molar-refractivity contribution in [1.82, 2.24) is 19.7 Å². The molecule has 0 saturated carbocycles. The number of carbonyl (C=O) groups is 2. The predicted octanol–water partition coefficient (Wildman–Crippen LogP) is 1.27. The molecule has 2 aromatic heterocycles. The predicted molar refractivity (Wildman–Crippen MR) is 104 cm³/mol. The minimum atomic E-state index is -0.793. The van der Waals surface area contributed by atoms with Gasteiger partial charge in [-0.2, -0.15) is 5.10 Å². The van der Waals surface area contributed by atoms with Crippen LogP contribution in [0.3, 0.4) is 0 Å². The first kappa shape index (κ1) is 18.1. The zero-order valence-electron chi connectivity index (χ0n) is 15.8. The number of nitrogens with zero attached hydrogens (tertiary/aromatic N) is 4. The fourth-order valence-corrected chi connectivity index (χ4v) is 3.55. The Morgan fingerprint density at radius 2 is 2.00 bits per heavy atom. The Kier molecular flexibility index (Phi) is 4.56. The van der Waals surface area contributed by atoms with Crippen molar-refractivity contribution in [2.45, 2.75) is 13.0 Å². The third-order valence-corrected chi connectivity index (χ3v) is 4.94. The van der Waals surface area contributed by atoms with Crippen LogP contribution >= 0.6 is 0 Å². The van der Waals surface area contributed by atoms with Crippen LogP contribution in [0, 0.1) is 6.92 Å². The maximum atomic E-state index is 13.4. The summed E-state index contributed by atoms with van der Waals surface area (Å²) in [6.07, 6.45) is -0.793. The van der Waals surface area contributed by atoms with E-state index in [0.29, 0.717) is 28.8 Å². The molecule has 1 aliphatic heterocycles. The SMILES string of the molecule is Cc1nn(C)c2nc(-c3ccccc3)cc(C(=O)N3CCOC(C(N)=O)C3)c12. The van der Waals surface area contributed by atoms with E-state index in [1.54, 1.807) is 15.6 Å². The molecule has 144 valence electrons. The van der Waals surface area contributed by atoms with Crippen molar-refractivity contribution < 1.29 is 14.3 Å². The van der Waals surface area contributed by atoms with Gasteiger partial charge in [-0.1, -0.05) is 30.3 Å². The number of aryl methyl sites for hydroxylation is 2. The average molecular weight is 379 g/mol. The van der Waals surface area contributed by atoms with E-state index in [1.165, 1.54) is 0 Å². The van der Waals surface area contributed by atoms with E-state index in [0.717, 1.165) is 11.3 Å². The molecule has 1 unspecified atom stereocenters. The second kappa shape index (κ2) is 7.05. The van der Waals surface area contributed by atoms with Gasteiger partial charge >= 0.3 is 0 Å². The lowest BCUT2D eigenvalue weighted by Gasteiger charge is -2.31. The Balaban J connectivity index is 1.83. The van der Waals surface area contributed by atoms with Gasteiger partial charge in [-0.15, -0.1) is 0 Å². The molecule has 0 radical (unpaired) electrons.